The van der Waals surface area contributed by atoms with Crippen LogP contribution < -0.4 is 5.32 Å². The van der Waals surface area contributed by atoms with Crippen LogP contribution in [0.25, 0.3) is 0 Å². The van der Waals surface area contributed by atoms with Gasteiger partial charge in [-0.3, -0.25) is 14.9 Å². The molecule has 0 aliphatic rings. The Morgan fingerprint density at radius 1 is 1.17 bits per heavy atom. The molecule has 0 aliphatic heterocycles. The molecule has 0 saturated carbocycles. The van der Waals surface area contributed by atoms with E-state index in [-0.39, 0.29) is 17.8 Å². The van der Waals surface area contributed by atoms with Gasteiger partial charge in [0.2, 0.25) is 5.91 Å². The fourth-order valence-corrected chi connectivity index (χ4v) is 1.81. The third-order valence-electron chi connectivity index (χ3n) is 3.00. The number of likely N-dealkylation sites (N-methyl/N-ethyl adjacent to an activating group) is 1. The Hall–Kier alpha value is -1.10. The highest BCUT2D eigenvalue weighted by Crippen LogP contribution is 2.06. The van der Waals surface area contributed by atoms with E-state index in [0.717, 1.165) is 0 Å². The second kappa shape index (κ2) is 8.08. The minimum Gasteiger partial charge on any atom is -0.468 e. The van der Waals surface area contributed by atoms with Crippen LogP contribution >= 0.6 is 0 Å². The molecule has 5 nitrogen and oxygen atoms in total. The molecule has 0 spiro atoms. The lowest BCUT2D eigenvalue weighted by Crippen LogP contribution is -2.52. The van der Waals surface area contributed by atoms with E-state index >= 15 is 0 Å². The van der Waals surface area contributed by atoms with Crippen molar-refractivity contribution in [2.45, 2.75) is 46.7 Å². The van der Waals surface area contributed by atoms with Gasteiger partial charge in [0.1, 0.15) is 6.04 Å². The van der Waals surface area contributed by atoms with Gasteiger partial charge in [-0.1, -0.05) is 13.8 Å². The van der Waals surface area contributed by atoms with Gasteiger partial charge in [-0.05, 0) is 26.7 Å². The summed E-state index contributed by atoms with van der Waals surface area (Å²) in [7, 11) is 1.36. The first-order chi connectivity index (χ1) is 8.38. The summed E-state index contributed by atoms with van der Waals surface area (Å²) in [5, 5.41) is 3.05. The van der Waals surface area contributed by atoms with Crippen molar-refractivity contribution in [3.63, 3.8) is 0 Å². The minimum absolute atomic E-state index is 0.00885. The van der Waals surface area contributed by atoms with Crippen molar-refractivity contribution in [3.05, 3.63) is 0 Å². The number of esters is 1. The molecule has 0 radical (unpaired) electrons. The first-order valence-electron chi connectivity index (χ1n) is 6.51. The van der Waals surface area contributed by atoms with Gasteiger partial charge in [-0.25, -0.2) is 0 Å². The first-order valence-corrected chi connectivity index (χ1v) is 6.51. The molecule has 0 fully saturated rings. The van der Waals surface area contributed by atoms with Gasteiger partial charge in [0.05, 0.1) is 13.2 Å². The number of carbonyl (C=O) groups is 2. The van der Waals surface area contributed by atoms with Crippen molar-refractivity contribution in [3.8, 4) is 0 Å². The number of amides is 1. The van der Waals surface area contributed by atoms with Crippen LogP contribution in [0.2, 0.25) is 0 Å². The van der Waals surface area contributed by atoms with E-state index in [1.54, 1.807) is 11.8 Å². The van der Waals surface area contributed by atoms with Gasteiger partial charge in [-0.2, -0.15) is 0 Å². The molecule has 5 heteroatoms. The smallest absolute Gasteiger partial charge is 0.323 e. The Balaban J connectivity index is 4.64. The first kappa shape index (κ1) is 16.9. The van der Waals surface area contributed by atoms with E-state index in [4.69, 9.17) is 4.74 Å². The molecule has 0 aromatic carbocycles. The highest BCUT2D eigenvalue weighted by Gasteiger charge is 2.28. The Kier molecular flexibility index (Phi) is 7.59. The van der Waals surface area contributed by atoms with Crippen LogP contribution in [-0.2, 0) is 14.3 Å². The SMILES string of the molecule is CCN(CC)C(=O)C(C)NC(C(=O)OC)C(C)C. The van der Waals surface area contributed by atoms with Gasteiger partial charge in [-0.15, -0.1) is 0 Å². The van der Waals surface area contributed by atoms with Crippen molar-refractivity contribution in [2.24, 2.45) is 5.92 Å². The number of nitrogens with one attached hydrogen (secondary N) is 1. The van der Waals surface area contributed by atoms with E-state index in [1.807, 2.05) is 27.7 Å². The predicted molar refractivity (Wildman–Crippen MR) is 71.2 cm³/mol. The summed E-state index contributed by atoms with van der Waals surface area (Å²) in [6.45, 7) is 10.8. The predicted octanol–water partition coefficient (Wildman–Crippen LogP) is 1.03. The zero-order valence-corrected chi connectivity index (χ0v) is 12.3. The van der Waals surface area contributed by atoms with Crippen LogP contribution in [0.15, 0.2) is 0 Å². The van der Waals surface area contributed by atoms with Crippen molar-refractivity contribution in [1.82, 2.24) is 10.2 Å². The summed E-state index contributed by atoms with van der Waals surface area (Å²) in [5.41, 5.74) is 0. The van der Waals surface area contributed by atoms with Crippen molar-refractivity contribution in [2.75, 3.05) is 20.2 Å². The number of methoxy groups -OCH3 is 1. The van der Waals surface area contributed by atoms with Crippen molar-refractivity contribution >= 4 is 11.9 Å². The number of hydrogen-bond donors (Lipinski definition) is 1. The molecule has 18 heavy (non-hydrogen) atoms. The van der Waals surface area contributed by atoms with Crippen LogP contribution in [0.5, 0.6) is 0 Å². The lowest BCUT2D eigenvalue weighted by Gasteiger charge is -2.27. The fraction of sp³-hybridized carbons (Fsp3) is 0.846. The second-order valence-electron chi connectivity index (χ2n) is 4.64. The Morgan fingerprint density at radius 3 is 2.00 bits per heavy atom. The molecule has 106 valence electrons. The minimum atomic E-state index is -0.454. The van der Waals surface area contributed by atoms with Crippen molar-refractivity contribution in [1.29, 1.82) is 0 Å². The van der Waals surface area contributed by atoms with Gasteiger partial charge in [0, 0.05) is 13.1 Å². The van der Waals surface area contributed by atoms with E-state index in [9.17, 15) is 9.59 Å². The van der Waals surface area contributed by atoms with Crippen LogP contribution in [0.3, 0.4) is 0 Å². The standard InChI is InChI=1S/C13H26N2O3/c1-7-15(8-2)12(16)10(5)14-11(9(3)4)13(17)18-6/h9-11,14H,7-8H2,1-6H3. The Bertz CT molecular complexity index is 275. The zero-order valence-electron chi connectivity index (χ0n) is 12.3. The highest BCUT2D eigenvalue weighted by atomic mass is 16.5. The van der Waals surface area contributed by atoms with E-state index < -0.39 is 12.1 Å². The van der Waals surface area contributed by atoms with E-state index in [1.165, 1.54) is 7.11 Å². The largest absolute Gasteiger partial charge is 0.468 e. The van der Waals surface area contributed by atoms with Gasteiger partial charge >= 0.3 is 5.97 Å². The molecule has 0 aromatic heterocycles. The molecular formula is C13H26N2O3. The topological polar surface area (TPSA) is 58.6 Å². The average Bonchev–Trinajstić information content (AvgIpc) is 2.35. The summed E-state index contributed by atoms with van der Waals surface area (Å²) in [5.74, 6) is -0.247. The van der Waals surface area contributed by atoms with Gasteiger partial charge < -0.3 is 9.64 Å². The number of ether oxygens (including phenoxy) is 1. The number of nitrogens with zero attached hydrogens (tertiary/aromatic N) is 1. The van der Waals surface area contributed by atoms with E-state index in [2.05, 4.69) is 5.32 Å². The maximum absolute atomic E-state index is 12.1. The third-order valence-corrected chi connectivity index (χ3v) is 3.00. The molecular weight excluding hydrogens is 232 g/mol. The summed E-state index contributed by atoms with van der Waals surface area (Å²) in [6, 6.07) is -0.846. The second-order valence-corrected chi connectivity index (χ2v) is 4.64. The summed E-state index contributed by atoms with van der Waals surface area (Å²) in [6.07, 6.45) is 0. The van der Waals surface area contributed by atoms with Crippen LogP contribution in [0.4, 0.5) is 0 Å². The molecule has 0 aliphatic carbocycles. The molecule has 1 amide bonds. The molecule has 2 atom stereocenters. The molecule has 0 heterocycles. The summed E-state index contributed by atoms with van der Waals surface area (Å²) >= 11 is 0. The quantitative estimate of drug-likeness (QED) is 0.693. The number of rotatable bonds is 7. The average molecular weight is 258 g/mol. The normalized spacial score (nSPS) is 14.2. The third kappa shape index (κ3) is 4.64. The molecule has 0 rings (SSSR count). The van der Waals surface area contributed by atoms with Gasteiger partial charge in [0.15, 0.2) is 0 Å². The highest BCUT2D eigenvalue weighted by molar-refractivity contribution is 5.83. The summed E-state index contributed by atoms with van der Waals surface area (Å²) < 4.78 is 4.74. The molecule has 0 bridgehead atoms. The van der Waals surface area contributed by atoms with Gasteiger partial charge in [0.25, 0.3) is 0 Å². The zero-order chi connectivity index (χ0) is 14.3. The van der Waals surface area contributed by atoms with Crippen molar-refractivity contribution < 1.29 is 14.3 Å². The molecule has 0 aromatic rings. The monoisotopic (exact) mass is 258 g/mol. The molecule has 1 N–H and O–H groups in total. The fourth-order valence-electron chi connectivity index (χ4n) is 1.81. The Labute approximate surface area is 110 Å². The number of hydrogen-bond acceptors (Lipinski definition) is 4. The summed E-state index contributed by atoms with van der Waals surface area (Å²) in [4.78, 5) is 25.4. The Morgan fingerprint density at radius 2 is 1.67 bits per heavy atom. The van der Waals surface area contributed by atoms with E-state index in [0.29, 0.717) is 13.1 Å². The lowest BCUT2D eigenvalue weighted by atomic mass is 10.0. The van der Waals surface area contributed by atoms with Crippen LogP contribution in [0.1, 0.15) is 34.6 Å². The molecule has 2 unspecified atom stereocenters. The number of carbonyl (C=O) groups excluding carboxylic acids is 2. The molecule has 0 saturated heterocycles. The maximum atomic E-state index is 12.1. The lowest BCUT2D eigenvalue weighted by molar-refractivity contribution is -0.145. The van der Waals surface area contributed by atoms with Crippen LogP contribution in [0, 0.1) is 5.92 Å². The maximum Gasteiger partial charge on any atom is 0.323 e. The van der Waals surface area contributed by atoms with Crippen LogP contribution in [-0.4, -0.2) is 49.1 Å².